The minimum Gasteiger partial charge on any atom is -0.395 e. The van der Waals surface area contributed by atoms with Crippen molar-refractivity contribution in [3.63, 3.8) is 0 Å². The number of hydrogen-bond donors (Lipinski definition) is 2. The molecule has 0 radical (unpaired) electrons. The Labute approximate surface area is 101 Å². The molecular formula is C11H12BrFN2O. The molecule has 0 aliphatic heterocycles. The van der Waals surface area contributed by atoms with E-state index in [-0.39, 0.29) is 12.4 Å². The van der Waals surface area contributed by atoms with E-state index in [0.717, 1.165) is 0 Å². The van der Waals surface area contributed by atoms with Crippen LogP contribution in [0, 0.1) is 5.82 Å². The van der Waals surface area contributed by atoms with Gasteiger partial charge in [-0.1, -0.05) is 13.8 Å². The summed E-state index contributed by atoms with van der Waals surface area (Å²) in [5.41, 5.74) is 0.865. The molecule has 0 spiro atoms. The lowest BCUT2D eigenvalue weighted by atomic mass is 9.94. The first-order chi connectivity index (χ1) is 7.44. The Morgan fingerprint density at radius 3 is 2.81 bits per heavy atom. The van der Waals surface area contributed by atoms with Crippen LogP contribution >= 0.6 is 15.9 Å². The number of nitrogens with one attached hydrogen (secondary N) is 1. The number of nitrogens with zero attached hydrogens (tertiary/aromatic N) is 1. The third-order valence-corrected chi connectivity index (χ3v) is 3.17. The lowest BCUT2D eigenvalue weighted by Gasteiger charge is -2.17. The van der Waals surface area contributed by atoms with Gasteiger partial charge in [-0.05, 0) is 22.0 Å². The first-order valence-corrected chi connectivity index (χ1v) is 5.69. The van der Waals surface area contributed by atoms with Crippen molar-refractivity contribution in [1.29, 1.82) is 0 Å². The van der Waals surface area contributed by atoms with Gasteiger partial charge >= 0.3 is 0 Å². The normalized spacial score (nSPS) is 12.3. The minimum absolute atomic E-state index is 0.0174. The summed E-state index contributed by atoms with van der Waals surface area (Å²) in [6.07, 6.45) is 0. The zero-order chi connectivity index (χ0) is 11.9. The molecule has 16 heavy (non-hydrogen) atoms. The first-order valence-electron chi connectivity index (χ1n) is 4.90. The van der Waals surface area contributed by atoms with Crippen molar-refractivity contribution >= 4 is 27.0 Å². The molecule has 2 N–H and O–H groups in total. The van der Waals surface area contributed by atoms with Crippen LogP contribution in [0.15, 0.2) is 16.6 Å². The van der Waals surface area contributed by atoms with Crippen LogP contribution in [0.25, 0.3) is 11.0 Å². The summed E-state index contributed by atoms with van der Waals surface area (Å²) in [5.74, 6) is 0.326. The molecule has 0 fully saturated rings. The molecule has 1 heterocycles. The Hall–Kier alpha value is -0.940. The van der Waals surface area contributed by atoms with Crippen molar-refractivity contribution in [2.75, 3.05) is 6.61 Å². The van der Waals surface area contributed by atoms with Crippen LogP contribution in [0.5, 0.6) is 0 Å². The molecule has 0 saturated heterocycles. The van der Waals surface area contributed by atoms with E-state index in [1.165, 1.54) is 6.07 Å². The number of imidazole rings is 1. The Balaban J connectivity index is 2.61. The van der Waals surface area contributed by atoms with Crippen molar-refractivity contribution in [1.82, 2.24) is 9.97 Å². The van der Waals surface area contributed by atoms with Gasteiger partial charge < -0.3 is 10.1 Å². The molecule has 1 aromatic carbocycles. The first kappa shape index (κ1) is 11.5. The van der Waals surface area contributed by atoms with E-state index in [1.54, 1.807) is 6.07 Å². The molecule has 2 rings (SSSR count). The van der Waals surface area contributed by atoms with Gasteiger partial charge in [0, 0.05) is 11.5 Å². The number of rotatable bonds is 2. The maximum Gasteiger partial charge on any atom is 0.139 e. The Morgan fingerprint density at radius 1 is 1.50 bits per heavy atom. The van der Waals surface area contributed by atoms with Gasteiger partial charge in [-0.25, -0.2) is 9.37 Å². The number of fused-ring (bicyclic) bond motifs is 1. The maximum absolute atomic E-state index is 13.3. The predicted molar refractivity (Wildman–Crippen MR) is 63.9 cm³/mol. The average Bonchev–Trinajstić information content (AvgIpc) is 2.62. The van der Waals surface area contributed by atoms with Gasteiger partial charge in [-0.3, -0.25) is 0 Å². The fraction of sp³-hybridized carbons (Fsp3) is 0.364. The van der Waals surface area contributed by atoms with E-state index in [1.807, 2.05) is 13.8 Å². The summed E-state index contributed by atoms with van der Waals surface area (Å²) in [4.78, 5) is 7.37. The Bertz CT molecular complexity index is 497. The zero-order valence-corrected chi connectivity index (χ0v) is 10.6. The molecular weight excluding hydrogens is 275 g/mol. The highest BCUT2D eigenvalue weighted by molar-refractivity contribution is 9.10. The van der Waals surface area contributed by atoms with Gasteiger partial charge in [0.15, 0.2) is 0 Å². The van der Waals surface area contributed by atoms with Crippen molar-refractivity contribution in [2.45, 2.75) is 19.3 Å². The summed E-state index contributed by atoms with van der Waals surface area (Å²) in [6.45, 7) is 3.72. The lowest BCUT2D eigenvalue weighted by molar-refractivity contribution is 0.213. The second-order valence-electron chi connectivity index (χ2n) is 4.41. The standard InChI is InChI=1S/C11H12BrFN2O/c1-11(2,5-16)10-14-8-3-6(12)7(13)4-9(8)15-10/h3-4,16H,5H2,1-2H3,(H,14,15). The number of aromatic nitrogens is 2. The molecule has 3 nitrogen and oxygen atoms in total. The van der Waals surface area contributed by atoms with E-state index in [0.29, 0.717) is 21.3 Å². The van der Waals surface area contributed by atoms with Crippen LogP contribution in [0.2, 0.25) is 0 Å². The smallest absolute Gasteiger partial charge is 0.139 e. The molecule has 5 heteroatoms. The van der Waals surface area contributed by atoms with Gasteiger partial charge in [0.25, 0.3) is 0 Å². The second kappa shape index (κ2) is 3.82. The third kappa shape index (κ3) is 1.85. The summed E-state index contributed by atoms with van der Waals surface area (Å²) in [7, 11) is 0. The number of H-pyrrole nitrogens is 1. The second-order valence-corrected chi connectivity index (χ2v) is 5.27. The van der Waals surface area contributed by atoms with Crippen molar-refractivity contribution < 1.29 is 9.50 Å². The van der Waals surface area contributed by atoms with Crippen molar-refractivity contribution in [3.05, 3.63) is 28.2 Å². The highest BCUT2D eigenvalue weighted by atomic mass is 79.9. The van der Waals surface area contributed by atoms with Gasteiger partial charge in [0.2, 0.25) is 0 Å². The maximum atomic E-state index is 13.3. The molecule has 0 atom stereocenters. The van der Waals surface area contributed by atoms with Gasteiger partial charge in [-0.2, -0.15) is 0 Å². The predicted octanol–water partition coefficient (Wildman–Crippen LogP) is 2.73. The number of hydrogen-bond acceptors (Lipinski definition) is 2. The number of aliphatic hydroxyl groups is 1. The largest absolute Gasteiger partial charge is 0.395 e. The highest BCUT2D eigenvalue weighted by Crippen LogP contribution is 2.26. The number of aliphatic hydroxyl groups excluding tert-OH is 1. The quantitative estimate of drug-likeness (QED) is 0.892. The zero-order valence-electron chi connectivity index (χ0n) is 9.01. The van der Waals surface area contributed by atoms with Gasteiger partial charge in [-0.15, -0.1) is 0 Å². The number of aromatic amines is 1. The lowest BCUT2D eigenvalue weighted by Crippen LogP contribution is -2.23. The summed E-state index contributed by atoms with van der Waals surface area (Å²) in [5, 5.41) is 9.24. The molecule has 86 valence electrons. The minimum atomic E-state index is -0.456. The van der Waals surface area contributed by atoms with E-state index in [9.17, 15) is 9.50 Å². The van der Waals surface area contributed by atoms with E-state index >= 15 is 0 Å². The number of halogens is 2. The molecule has 0 saturated carbocycles. The highest BCUT2D eigenvalue weighted by Gasteiger charge is 2.23. The Kier molecular flexibility index (Phi) is 2.75. The van der Waals surface area contributed by atoms with Gasteiger partial charge in [0.1, 0.15) is 11.6 Å². The van der Waals surface area contributed by atoms with Gasteiger partial charge in [0.05, 0.1) is 22.1 Å². The topological polar surface area (TPSA) is 48.9 Å². The molecule has 0 aliphatic rings. The summed E-state index contributed by atoms with van der Waals surface area (Å²) >= 11 is 3.11. The van der Waals surface area contributed by atoms with E-state index in [2.05, 4.69) is 25.9 Å². The van der Waals surface area contributed by atoms with Crippen LogP contribution in [0.3, 0.4) is 0 Å². The molecule has 0 aliphatic carbocycles. The van der Waals surface area contributed by atoms with Crippen LogP contribution < -0.4 is 0 Å². The monoisotopic (exact) mass is 286 g/mol. The Morgan fingerprint density at radius 2 is 2.19 bits per heavy atom. The molecule has 2 aromatic rings. The molecule has 0 bridgehead atoms. The van der Waals surface area contributed by atoms with Crippen molar-refractivity contribution in [3.8, 4) is 0 Å². The van der Waals surface area contributed by atoms with Crippen molar-refractivity contribution in [2.24, 2.45) is 0 Å². The average molecular weight is 287 g/mol. The van der Waals surface area contributed by atoms with E-state index in [4.69, 9.17) is 0 Å². The number of benzene rings is 1. The fourth-order valence-electron chi connectivity index (χ4n) is 1.40. The molecule has 0 unspecified atom stereocenters. The van der Waals surface area contributed by atoms with Crippen LogP contribution in [-0.2, 0) is 5.41 Å². The SMILES string of the molecule is CC(C)(CO)c1nc2cc(Br)c(F)cc2[nH]1. The van der Waals surface area contributed by atoms with Crippen LogP contribution in [-0.4, -0.2) is 21.7 Å². The van der Waals surface area contributed by atoms with Crippen LogP contribution in [0.4, 0.5) is 4.39 Å². The fourth-order valence-corrected chi connectivity index (χ4v) is 1.73. The molecule has 1 aromatic heterocycles. The van der Waals surface area contributed by atoms with E-state index < -0.39 is 5.41 Å². The van der Waals surface area contributed by atoms with Crippen LogP contribution in [0.1, 0.15) is 19.7 Å². The summed E-state index contributed by atoms with van der Waals surface area (Å²) < 4.78 is 13.7. The third-order valence-electron chi connectivity index (χ3n) is 2.56. The summed E-state index contributed by atoms with van der Waals surface area (Å²) in [6, 6.07) is 3.02. The molecule has 0 amide bonds.